The zero-order valence-corrected chi connectivity index (χ0v) is 14.4. The van der Waals surface area contributed by atoms with Gasteiger partial charge in [-0.2, -0.15) is 0 Å². The SMILES string of the molecule is C[C@@H]1CN(C(=O)Cc2cc3c(ccc4ccccc43)o2)CCN1.Cl. The normalized spacial score (nSPS) is 17.9. The summed E-state index contributed by atoms with van der Waals surface area (Å²) >= 11 is 0. The maximum absolute atomic E-state index is 12.5. The van der Waals surface area contributed by atoms with E-state index in [1.54, 1.807) is 0 Å². The number of fused-ring (bicyclic) bond motifs is 3. The second kappa shape index (κ2) is 6.83. The van der Waals surface area contributed by atoms with E-state index >= 15 is 0 Å². The van der Waals surface area contributed by atoms with Crippen molar-refractivity contribution in [1.29, 1.82) is 0 Å². The molecule has 2 aromatic carbocycles. The Kier molecular flexibility index (Phi) is 4.78. The Hall–Kier alpha value is -2.04. The molecule has 4 rings (SSSR count). The Morgan fingerprint density at radius 1 is 1.25 bits per heavy atom. The van der Waals surface area contributed by atoms with Crippen LogP contribution in [0.1, 0.15) is 12.7 Å². The number of hydrogen-bond donors (Lipinski definition) is 1. The Morgan fingerprint density at radius 2 is 2.08 bits per heavy atom. The lowest BCUT2D eigenvalue weighted by Gasteiger charge is -2.31. The van der Waals surface area contributed by atoms with E-state index in [1.807, 2.05) is 29.2 Å². The summed E-state index contributed by atoms with van der Waals surface area (Å²) in [6.45, 7) is 4.50. The van der Waals surface area contributed by atoms with Crippen molar-refractivity contribution in [2.45, 2.75) is 19.4 Å². The smallest absolute Gasteiger partial charge is 0.230 e. The third-order valence-electron chi connectivity index (χ3n) is 4.52. The van der Waals surface area contributed by atoms with Gasteiger partial charge in [-0.15, -0.1) is 12.4 Å². The molecule has 24 heavy (non-hydrogen) atoms. The summed E-state index contributed by atoms with van der Waals surface area (Å²) in [4.78, 5) is 14.4. The van der Waals surface area contributed by atoms with E-state index in [0.29, 0.717) is 12.5 Å². The number of nitrogens with one attached hydrogen (secondary N) is 1. The molecule has 0 saturated carbocycles. The molecule has 2 heterocycles. The number of halogens is 1. The summed E-state index contributed by atoms with van der Waals surface area (Å²) in [5, 5.41) is 6.80. The fourth-order valence-corrected chi connectivity index (χ4v) is 3.35. The number of benzene rings is 2. The largest absolute Gasteiger partial charge is 0.461 e. The maximum atomic E-state index is 12.5. The van der Waals surface area contributed by atoms with Crippen LogP contribution in [0.25, 0.3) is 21.7 Å². The molecule has 1 aliphatic rings. The van der Waals surface area contributed by atoms with E-state index in [0.717, 1.165) is 36.4 Å². The number of amides is 1. The summed E-state index contributed by atoms with van der Waals surface area (Å²) in [5.41, 5.74) is 0.847. The first kappa shape index (κ1) is 16.8. The van der Waals surface area contributed by atoms with Gasteiger partial charge in [-0.05, 0) is 29.8 Å². The molecule has 1 amide bonds. The van der Waals surface area contributed by atoms with Gasteiger partial charge in [-0.1, -0.05) is 30.3 Å². The summed E-state index contributed by atoms with van der Waals surface area (Å²) < 4.78 is 5.90. The topological polar surface area (TPSA) is 45.5 Å². The Bertz CT molecular complexity index is 874. The molecule has 0 bridgehead atoms. The number of carbonyl (C=O) groups excluding carboxylic acids is 1. The monoisotopic (exact) mass is 344 g/mol. The van der Waals surface area contributed by atoms with Crippen LogP contribution in [-0.2, 0) is 11.2 Å². The lowest BCUT2D eigenvalue weighted by molar-refractivity contribution is -0.131. The highest BCUT2D eigenvalue weighted by atomic mass is 35.5. The molecule has 0 aliphatic carbocycles. The standard InChI is InChI=1S/C19H20N2O2.ClH/c1-13-12-21(9-8-20-13)19(22)11-15-10-17-16-5-3-2-4-14(16)6-7-18(17)23-15;/h2-7,10,13,20H,8-9,11-12H2,1H3;1H/t13-;/m1./s1. The van der Waals surface area contributed by atoms with Crippen molar-refractivity contribution in [3.63, 3.8) is 0 Å². The number of hydrogen-bond acceptors (Lipinski definition) is 3. The van der Waals surface area contributed by atoms with Crippen molar-refractivity contribution < 1.29 is 9.21 Å². The minimum Gasteiger partial charge on any atom is -0.461 e. The molecule has 3 aromatic rings. The van der Waals surface area contributed by atoms with Crippen molar-refractivity contribution in [2.75, 3.05) is 19.6 Å². The molecule has 1 aliphatic heterocycles. The lowest BCUT2D eigenvalue weighted by atomic mass is 10.1. The first-order chi connectivity index (χ1) is 11.2. The second-order valence-electron chi connectivity index (χ2n) is 6.28. The molecule has 0 radical (unpaired) electrons. The molecule has 126 valence electrons. The van der Waals surface area contributed by atoms with Gasteiger partial charge in [0.15, 0.2) is 0 Å². The van der Waals surface area contributed by atoms with Gasteiger partial charge in [0.05, 0.1) is 6.42 Å². The van der Waals surface area contributed by atoms with E-state index in [2.05, 4.69) is 30.4 Å². The molecule has 4 nitrogen and oxygen atoms in total. The molecule has 0 unspecified atom stereocenters. The van der Waals surface area contributed by atoms with E-state index in [-0.39, 0.29) is 18.3 Å². The summed E-state index contributed by atoms with van der Waals surface area (Å²) in [6.07, 6.45) is 0.329. The maximum Gasteiger partial charge on any atom is 0.230 e. The van der Waals surface area contributed by atoms with Crippen LogP contribution >= 0.6 is 12.4 Å². The fraction of sp³-hybridized carbons (Fsp3) is 0.316. The molecular formula is C19H21ClN2O2. The predicted octanol–water partition coefficient (Wildman–Crippen LogP) is 3.37. The Labute approximate surface area is 147 Å². The average Bonchev–Trinajstić information content (AvgIpc) is 2.97. The molecule has 0 spiro atoms. The van der Waals surface area contributed by atoms with E-state index in [1.165, 1.54) is 10.8 Å². The number of furan rings is 1. The molecule has 1 fully saturated rings. The first-order valence-corrected chi connectivity index (χ1v) is 8.12. The summed E-state index contributed by atoms with van der Waals surface area (Å²) in [6, 6.07) is 14.7. The Morgan fingerprint density at radius 3 is 2.92 bits per heavy atom. The van der Waals surface area contributed by atoms with E-state index in [4.69, 9.17) is 4.42 Å². The van der Waals surface area contributed by atoms with Gasteiger partial charge in [-0.3, -0.25) is 4.79 Å². The minimum atomic E-state index is 0. The quantitative estimate of drug-likeness (QED) is 0.775. The van der Waals surface area contributed by atoms with Crippen LogP contribution in [0.5, 0.6) is 0 Å². The first-order valence-electron chi connectivity index (χ1n) is 8.12. The molecule has 1 atom stereocenters. The van der Waals surface area contributed by atoms with Crippen LogP contribution in [0, 0.1) is 0 Å². The van der Waals surface area contributed by atoms with E-state index < -0.39 is 0 Å². The Balaban J connectivity index is 0.00000169. The predicted molar refractivity (Wildman–Crippen MR) is 98.7 cm³/mol. The molecule has 1 aromatic heterocycles. The van der Waals surface area contributed by atoms with Crippen LogP contribution in [0.2, 0.25) is 0 Å². The third kappa shape index (κ3) is 3.12. The zero-order valence-electron chi connectivity index (χ0n) is 13.6. The van der Waals surface area contributed by atoms with Gasteiger partial charge in [0, 0.05) is 31.1 Å². The van der Waals surface area contributed by atoms with Crippen LogP contribution in [0.3, 0.4) is 0 Å². The number of rotatable bonds is 2. The van der Waals surface area contributed by atoms with Crippen LogP contribution in [0.15, 0.2) is 46.9 Å². The number of nitrogens with zero attached hydrogens (tertiary/aromatic N) is 1. The molecule has 5 heteroatoms. The van der Waals surface area contributed by atoms with Crippen LogP contribution < -0.4 is 5.32 Å². The minimum absolute atomic E-state index is 0. The van der Waals surface area contributed by atoms with Crippen LogP contribution in [-0.4, -0.2) is 36.5 Å². The van der Waals surface area contributed by atoms with Gasteiger partial charge in [0.2, 0.25) is 5.91 Å². The van der Waals surface area contributed by atoms with Gasteiger partial charge < -0.3 is 14.6 Å². The summed E-state index contributed by atoms with van der Waals surface area (Å²) in [5.74, 6) is 0.884. The zero-order chi connectivity index (χ0) is 15.8. The molecule has 1 N–H and O–H groups in total. The number of carbonyl (C=O) groups is 1. The summed E-state index contributed by atoms with van der Waals surface area (Å²) in [7, 11) is 0. The highest BCUT2D eigenvalue weighted by Crippen LogP contribution is 2.28. The van der Waals surface area contributed by atoms with Crippen LogP contribution in [0.4, 0.5) is 0 Å². The number of piperazine rings is 1. The highest BCUT2D eigenvalue weighted by Gasteiger charge is 2.21. The van der Waals surface area contributed by atoms with Crippen molar-refractivity contribution in [3.8, 4) is 0 Å². The third-order valence-corrected chi connectivity index (χ3v) is 4.52. The highest BCUT2D eigenvalue weighted by molar-refractivity contribution is 6.06. The van der Waals surface area contributed by atoms with Crippen molar-refractivity contribution in [3.05, 3.63) is 48.2 Å². The molecular weight excluding hydrogens is 324 g/mol. The van der Waals surface area contributed by atoms with Gasteiger partial charge in [0.25, 0.3) is 0 Å². The van der Waals surface area contributed by atoms with E-state index in [9.17, 15) is 4.79 Å². The average molecular weight is 345 g/mol. The van der Waals surface area contributed by atoms with Gasteiger partial charge >= 0.3 is 0 Å². The van der Waals surface area contributed by atoms with Crippen molar-refractivity contribution >= 4 is 40.1 Å². The van der Waals surface area contributed by atoms with Gasteiger partial charge in [-0.25, -0.2) is 0 Å². The lowest BCUT2D eigenvalue weighted by Crippen LogP contribution is -2.51. The van der Waals surface area contributed by atoms with Crippen molar-refractivity contribution in [2.24, 2.45) is 0 Å². The second-order valence-corrected chi connectivity index (χ2v) is 6.28. The fourth-order valence-electron chi connectivity index (χ4n) is 3.35. The van der Waals surface area contributed by atoms with Gasteiger partial charge in [0.1, 0.15) is 11.3 Å². The van der Waals surface area contributed by atoms with Crippen molar-refractivity contribution in [1.82, 2.24) is 10.2 Å². The molecule has 1 saturated heterocycles.